The Morgan fingerprint density at radius 1 is 1.33 bits per heavy atom. The van der Waals surface area contributed by atoms with Gasteiger partial charge in [0, 0.05) is 18.4 Å². The Kier molecular flexibility index (Phi) is 4.80. The fourth-order valence-corrected chi connectivity index (χ4v) is 3.30. The smallest absolute Gasteiger partial charge is 0.326 e. The van der Waals surface area contributed by atoms with Crippen LogP contribution >= 0.6 is 0 Å². The second kappa shape index (κ2) is 6.84. The zero-order valence-corrected chi connectivity index (χ0v) is 13.0. The number of amides is 1. The van der Waals surface area contributed by atoms with E-state index in [0.717, 1.165) is 24.6 Å². The number of aliphatic carboxylic acids is 1. The summed E-state index contributed by atoms with van der Waals surface area (Å²) in [4.78, 5) is 23.8. The van der Waals surface area contributed by atoms with Crippen molar-refractivity contribution in [1.82, 2.24) is 5.32 Å². The fourth-order valence-electron chi connectivity index (χ4n) is 3.30. The van der Waals surface area contributed by atoms with E-state index in [1.807, 2.05) is 0 Å². The van der Waals surface area contributed by atoms with Crippen LogP contribution in [0, 0.1) is 23.5 Å². The van der Waals surface area contributed by atoms with Crippen molar-refractivity contribution in [1.29, 1.82) is 0 Å². The van der Waals surface area contributed by atoms with E-state index < -0.39 is 41.4 Å². The first-order chi connectivity index (χ1) is 11.5. The lowest BCUT2D eigenvalue weighted by atomic mass is 9.93. The molecule has 0 radical (unpaired) electrons. The van der Waals surface area contributed by atoms with Gasteiger partial charge in [-0.05, 0) is 48.9 Å². The van der Waals surface area contributed by atoms with Crippen LogP contribution in [0.25, 0.3) is 0 Å². The molecule has 2 N–H and O–H groups in total. The third-order valence-electron chi connectivity index (χ3n) is 4.72. The highest BCUT2D eigenvalue weighted by Gasteiger charge is 2.46. The fraction of sp³-hybridized carbons (Fsp3) is 0.529. The summed E-state index contributed by atoms with van der Waals surface area (Å²) in [6, 6.07) is 2.14. The van der Waals surface area contributed by atoms with Gasteiger partial charge in [0.25, 0.3) is 0 Å². The Labute approximate surface area is 138 Å². The number of carboxylic acids is 1. The van der Waals surface area contributed by atoms with Gasteiger partial charge in [0.2, 0.25) is 5.91 Å². The number of nitrogens with one attached hydrogen (secondary N) is 1. The number of hydrogen-bond acceptors (Lipinski definition) is 3. The summed E-state index contributed by atoms with van der Waals surface area (Å²) >= 11 is 0. The van der Waals surface area contributed by atoms with E-state index >= 15 is 0 Å². The number of carbonyl (C=O) groups excluding carboxylic acids is 1. The van der Waals surface area contributed by atoms with E-state index in [9.17, 15) is 23.5 Å². The largest absolute Gasteiger partial charge is 0.480 e. The highest BCUT2D eigenvalue weighted by Crippen LogP contribution is 2.48. The first-order valence-corrected chi connectivity index (χ1v) is 8.03. The maximum Gasteiger partial charge on any atom is 0.326 e. The van der Waals surface area contributed by atoms with Crippen molar-refractivity contribution in [3.05, 3.63) is 35.4 Å². The standard InChI is InChI=1S/C17H19F2NO4/c18-10-3-4-14(19)12(6-10)11-7-13(11)16(21)20-15(17(22)23)9-2-1-5-24-8-9/h3-4,6,9,11,13,15H,1-2,5,7-8H2,(H,20,21)(H,22,23). The summed E-state index contributed by atoms with van der Waals surface area (Å²) in [5, 5.41) is 11.9. The molecular formula is C17H19F2NO4. The summed E-state index contributed by atoms with van der Waals surface area (Å²) in [7, 11) is 0. The van der Waals surface area contributed by atoms with E-state index in [1.165, 1.54) is 0 Å². The van der Waals surface area contributed by atoms with Crippen molar-refractivity contribution in [2.45, 2.75) is 31.2 Å². The summed E-state index contributed by atoms with van der Waals surface area (Å²) in [6.45, 7) is 0.893. The van der Waals surface area contributed by atoms with Gasteiger partial charge in [-0.1, -0.05) is 0 Å². The van der Waals surface area contributed by atoms with E-state index in [2.05, 4.69) is 5.32 Å². The molecular weight excluding hydrogens is 320 g/mol. The van der Waals surface area contributed by atoms with Gasteiger partial charge in [-0.25, -0.2) is 13.6 Å². The number of ether oxygens (including phenoxy) is 1. The molecule has 7 heteroatoms. The molecule has 4 unspecified atom stereocenters. The van der Waals surface area contributed by atoms with Crippen molar-refractivity contribution in [3.8, 4) is 0 Å². The molecule has 3 rings (SSSR count). The molecule has 1 aliphatic carbocycles. The lowest BCUT2D eigenvalue weighted by Crippen LogP contribution is -2.49. The van der Waals surface area contributed by atoms with Crippen molar-refractivity contribution < 1.29 is 28.2 Å². The average molecular weight is 339 g/mol. The highest BCUT2D eigenvalue weighted by molar-refractivity contribution is 5.87. The van der Waals surface area contributed by atoms with Gasteiger partial charge in [0.05, 0.1) is 6.61 Å². The maximum atomic E-state index is 13.8. The van der Waals surface area contributed by atoms with Gasteiger partial charge < -0.3 is 15.2 Å². The molecule has 1 heterocycles. The quantitative estimate of drug-likeness (QED) is 0.861. The molecule has 1 aromatic rings. The maximum absolute atomic E-state index is 13.8. The van der Waals surface area contributed by atoms with E-state index in [-0.39, 0.29) is 11.5 Å². The Balaban J connectivity index is 1.64. The molecule has 24 heavy (non-hydrogen) atoms. The summed E-state index contributed by atoms with van der Waals surface area (Å²) in [6.07, 6.45) is 1.81. The molecule has 5 nitrogen and oxygen atoms in total. The number of carbonyl (C=O) groups is 2. The Morgan fingerprint density at radius 2 is 2.12 bits per heavy atom. The Bertz CT molecular complexity index is 645. The molecule has 4 atom stereocenters. The Morgan fingerprint density at radius 3 is 2.79 bits per heavy atom. The minimum absolute atomic E-state index is 0.169. The van der Waals surface area contributed by atoms with E-state index in [0.29, 0.717) is 26.1 Å². The lowest BCUT2D eigenvalue weighted by Gasteiger charge is -2.28. The third kappa shape index (κ3) is 3.56. The molecule has 0 spiro atoms. The van der Waals surface area contributed by atoms with Crippen LogP contribution in [0.1, 0.15) is 30.7 Å². The molecule has 0 aromatic heterocycles. The van der Waals surface area contributed by atoms with Crippen LogP contribution in [0.4, 0.5) is 8.78 Å². The zero-order valence-electron chi connectivity index (χ0n) is 13.0. The molecule has 2 aliphatic rings. The summed E-state index contributed by atoms with van der Waals surface area (Å²) < 4.78 is 32.3. The molecule has 1 saturated heterocycles. The van der Waals surface area contributed by atoms with Gasteiger partial charge >= 0.3 is 5.97 Å². The van der Waals surface area contributed by atoms with E-state index in [1.54, 1.807) is 0 Å². The Hall–Kier alpha value is -2.02. The van der Waals surface area contributed by atoms with Crippen molar-refractivity contribution >= 4 is 11.9 Å². The number of benzene rings is 1. The number of carboxylic acid groups (broad SMARTS) is 1. The normalized spacial score (nSPS) is 27.3. The monoisotopic (exact) mass is 339 g/mol. The first-order valence-electron chi connectivity index (χ1n) is 8.03. The number of rotatable bonds is 5. The van der Waals surface area contributed by atoms with Gasteiger partial charge in [-0.15, -0.1) is 0 Å². The van der Waals surface area contributed by atoms with Crippen LogP contribution < -0.4 is 5.32 Å². The predicted molar refractivity (Wildman–Crippen MR) is 80.3 cm³/mol. The minimum Gasteiger partial charge on any atom is -0.480 e. The molecule has 0 bridgehead atoms. The number of halogens is 2. The van der Waals surface area contributed by atoms with E-state index in [4.69, 9.17) is 4.74 Å². The van der Waals surface area contributed by atoms with Gasteiger partial charge in [0.15, 0.2) is 0 Å². The summed E-state index contributed by atoms with van der Waals surface area (Å²) in [5.41, 5.74) is 0.169. The van der Waals surface area contributed by atoms with Crippen LogP contribution in [-0.2, 0) is 14.3 Å². The second-order valence-electron chi connectivity index (χ2n) is 6.42. The highest BCUT2D eigenvalue weighted by atomic mass is 19.1. The second-order valence-corrected chi connectivity index (χ2v) is 6.42. The first kappa shape index (κ1) is 16.8. The van der Waals surface area contributed by atoms with Crippen LogP contribution in [0.3, 0.4) is 0 Å². The van der Waals surface area contributed by atoms with Crippen LogP contribution in [0.5, 0.6) is 0 Å². The molecule has 1 aliphatic heterocycles. The van der Waals surface area contributed by atoms with Gasteiger partial charge in [-0.3, -0.25) is 4.79 Å². The molecule has 2 fully saturated rings. The molecule has 130 valence electrons. The minimum atomic E-state index is -1.10. The van der Waals surface area contributed by atoms with Crippen LogP contribution in [-0.4, -0.2) is 36.2 Å². The van der Waals surface area contributed by atoms with Gasteiger partial charge in [-0.2, -0.15) is 0 Å². The topological polar surface area (TPSA) is 75.6 Å². The predicted octanol–water partition coefficient (Wildman–Crippen LogP) is 2.06. The lowest BCUT2D eigenvalue weighted by molar-refractivity contribution is -0.145. The SMILES string of the molecule is O=C(NC(C(=O)O)C1CCCOC1)C1CC1c1cc(F)ccc1F. The number of hydrogen-bond donors (Lipinski definition) is 2. The van der Waals surface area contributed by atoms with Crippen LogP contribution in [0.2, 0.25) is 0 Å². The third-order valence-corrected chi connectivity index (χ3v) is 4.72. The van der Waals surface area contributed by atoms with Crippen LogP contribution in [0.15, 0.2) is 18.2 Å². The summed E-state index contributed by atoms with van der Waals surface area (Å²) in [5.74, 6) is -3.84. The molecule has 1 saturated carbocycles. The van der Waals surface area contributed by atoms with Crippen molar-refractivity contribution in [3.63, 3.8) is 0 Å². The van der Waals surface area contributed by atoms with Crippen molar-refractivity contribution in [2.75, 3.05) is 13.2 Å². The van der Waals surface area contributed by atoms with Crippen molar-refractivity contribution in [2.24, 2.45) is 11.8 Å². The van der Waals surface area contributed by atoms with Gasteiger partial charge in [0.1, 0.15) is 17.7 Å². The molecule has 1 aromatic carbocycles. The average Bonchev–Trinajstić information content (AvgIpc) is 3.35. The zero-order chi connectivity index (χ0) is 17.3. The molecule has 1 amide bonds.